The van der Waals surface area contributed by atoms with Crippen molar-refractivity contribution >= 4 is 59.0 Å². The maximum atomic E-state index is 12.9. The number of hydrogen-bond donors (Lipinski definition) is 1. The summed E-state index contributed by atoms with van der Waals surface area (Å²) in [5.74, 6) is -0.589. The lowest BCUT2D eigenvalue weighted by Crippen LogP contribution is -2.71. The molecule has 8 nitrogen and oxygen atoms in total. The Labute approximate surface area is 187 Å². The molecule has 30 heavy (non-hydrogen) atoms. The highest BCUT2D eigenvalue weighted by atomic mass is 32.2. The standard InChI is InChI=1S/C19H24N2O6S3/c1-5-7-27-17(25)12-19(3,4)30-15-11(14(23)21(12)15)20-13(22)10(16(24)26-6-2)18-28-8-9-29-18/h5,11-12,15H,1,6-9H2,2-4H3,(H,20,22)/t11-,12?,15+/m1/s1. The summed E-state index contributed by atoms with van der Waals surface area (Å²) in [7, 11) is 0. The van der Waals surface area contributed by atoms with Crippen molar-refractivity contribution in [1.29, 1.82) is 0 Å². The van der Waals surface area contributed by atoms with Gasteiger partial charge in [0.25, 0.3) is 5.91 Å². The van der Waals surface area contributed by atoms with Crippen LogP contribution in [-0.4, -0.2) is 75.6 Å². The quantitative estimate of drug-likeness (QED) is 0.148. The normalized spacial score (nSPS) is 26.5. The number of esters is 2. The number of hydrogen-bond acceptors (Lipinski definition) is 9. The number of nitrogens with zero attached hydrogens (tertiary/aromatic N) is 1. The molecule has 3 heterocycles. The number of ether oxygens (including phenoxy) is 2. The first-order chi connectivity index (χ1) is 14.2. The summed E-state index contributed by atoms with van der Waals surface area (Å²) >= 11 is 4.28. The molecule has 11 heteroatoms. The van der Waals surface area contributed by atoms with Crippen LogP contribution < -0.4 is 5.32 Å². The van der Waals surface area contributed by atoms with Gasteiger partial charge >= 0.3 is 11.9 Å². The number of rotatable bonds is 7. The molecule has 0 spiro atoms. The first kappa shape index (κ1) is 23.1. The average molecular weight is 473 g/mol. The summed E-state index contributed by atoms with van der Waals surface area (Å²) in [4.78, 5) is 52.1. The second-order valence-electron chi connectivity index (χ2n) is 7.21. The molecule has 0 radical (unpaired) electrons. The smallest absolute Gasteiger partial charge is 0.345 e. The van der Waals surface area contributed by atoms with Crippen LogP contribution in [0.4, 0.5) is 0 Å². The van der Waals surface area contributed by atoms with E-state index in [4.69, 9.17) is 9.47 Å². The van der Waals surface area contributed by atoms with Crippen LogP contribution in [-0.2, 0) is 28.7 Å². The molecule has 3 atom stereocenters. The Balaban J connectivity index is 1.76. The first-order valence-electron chi connectivity index (χ1n) is 9.48. The summed E-state index contributed by atoms with van der Waals surface area (Å²) in [5, 5.41) is 2.28. The number of nitrogens with one attached hydrogen (secondary N) is 1. The third-order valence-electron chi connectivity index (χ3n) is 4.75. The molecule has 3 aliphatic heterocycles. The van der Waals surface area contributed by atoms with Gasteiger partial charge < -0.3 is 19.7 Å². The predicted octanol–water partition coefficient (Wildman–Crippen LogP) is 1.52. The van der Waals surface area contributed by atoms with E-state index in [-0.39, 0.29) is 24.7 Å². The molecular weight excluding hydrogens is 448 g/mol. The molecule has 3 fully saturated rings. The van der Waals surface area contributed by atoms with Gasteiger partial charge in [0.05, 0.1) is 10.8 Å². The number of carbonyl (C=O) groups is 4. The maximum Gasteiger partial charge on any atom is 0.345 e. The maximum absolute atomic E-state index is 12.9. The van der Waals surface area contributed by atoms with Crippen molar-refractivity contribution in [3.8, 4) is 0 Å². The molecule has 0 aromatic carbocycles. The number of β-lactam (4-membered cyclic amide) rings is 1. The summed E-state index contributed by atoms with van der Waals surface area (Å²) in [6.45, 7) is 9.13. The Morgan fingerprint density at radius 1 is 1.27 bits per heavy atom. The topological polar surface area (TPSA) is 102 Å². The van der Waals surface area contributed by atoms with Crippen LogP contribution in [0.2, 0.25) is 0 Å². The van der Waals surface area contributed by atoms with Crippen LogP contribution in [0.25, 0.3) is 0 Å². The monoisotopic (exact) mass is 472 g/mol. The molecular formula is C19H24N2O6S3. The predicted molar refractivity (Wildman–Crippen MR) is 118 cm³/mol. The zero-order valence-electron chi connectivity index (χ0n) is 17.0. The molecule has 0 aromatic rings. The molecule has 2 amide bonds. The second-order valence-corrected chi connectivity index (χ2v) is 11.4. The van der Waals surface area contributed by atoms with E-state index in [0.29, 0.717) is 4.24 Å². The third kappa shape index (κ3) is 4.24. The molecule has 0 aromatic heterocycles. The Morgan fingerprint density at radius 3 is 2.53 bits per heavy atom. The lowest BCUT2D eigenvalue weighted by atomic mass is 9.96. The van der Waals surface area contributed by atoms with Crippen LogP contribution >= 0.6 is 35.3 Å². The number of thioether (sulfide) groups is 3. The molecule has 0 bridgehead atoms. The van der Waals surface area contributed by atoms with Crippen molar-refractivity contribution in [3.05, 3.63) is 22.5 Å². The van der Waals surface area contributed by atoms with Crippen molar-refractivity contribution in [2.45, 2.75) is 43.0 Å². The fourth-order valence-corrected chi connectivity index (χ4v) is 7.62. The van der Waals surface area contributed by atoms with E-state index in [1.54, 1.807) is 6.92 Å². The summed E-state index contributed by atoms with van der Waals surface area (Å²) < 4.78 is 10.2. The van der Waals surface area contributed by atoms with Gasteiger partial charge in [-0.15, -0.1) is 35.3 Å². The molecule has 0 aliphatic carbocycles. The zero-order valence-corrected chi connectivity index (χ0v) is 19.4. The summed E-state index contributed by atoms with van der Waals surface area (Å²) in [5.41, 5.74) is -0.0557. The van der Waals surface area contributed by atoms with Gasteiger partial charge in [0, 0.05) is 16.3 Å². The number of amides is 2. The highest BCUT2D eigenvalue weighted by Gasteiger charge is 2.64. The van der Waals surface area contributed by atoms with Crippen molar-refractivity contribution in [1.82, 2.24) is 10.2 Å². The van der Waals surface area contributed by atoms with Crippen molar-refractivity contribution in [2.24, 2.45) is 0 Å². The average Bonchev–Trinajstić information content (AvgIpc) is 3.29. The second kappa shape index (κ2) is 9.27. The highest BCUT2D eigenvalue weighted by molar-refractivity contribution is 8.25. The Hall–Kier alpha value is -1.59. The fourth-order valence-electron chi connectivity index (χ4n) is 3.49. The van der Waals surface area contributed by atoms with Crippen molar-refractivity contribution in [2.75, 3.05) is 24.7 Å². The van der Waals surface area contributed by atoms with Crippen LogP contribution in [0.5, 0.6) is 0 Å². The van der Waals surface area contributed by atoms with E-state index in [2.05, 4.69) is 11.9 Å². The first-order valence-corrected chi connectivity index (χ1v) is 12.3. The van der Waals surface area contributed by atoms with Gasteiger partial charge in [-0.05, 0) is 20.8 Å². The van der Waals surface area contributed by atoms with Gasteiger partial charge in [0.15, 0.2) is 0 Å². The lowest BCUT2D eigenvalue weighted by molar-refractivity contribution is -0.163. The molecule has 1 N–H and O–H groups in total. The van der Waals surface area contributed by atoms with E-state index < -0.39 is 40.1 Å². The fraction of sp³-hybridized carbons (Fsp3) is 0.579. The molecule has 1 unspecified atom stereocenters. The van der Waals surface area contributed by atoms with Gasteiger partial charge in [-0.3, -0.25) is 9.59 Å². The van der Waals surface area contributed by atoms with E-state index in [1.807, 2.05) is 13.8 Å². The van der Waals surface area contributed by atoms with Gasteiger partial charge in [-0.2, -0.15) is 0 Å². The van der Waals surface area contributed by atoms with Crippen LogP contribution in [0.1, 0.15) is 20.8 Å². The SMILES string of the molecule is C=CCOC(=O)C1N2C(=O)[C@@H](NC(=O)C(C(=O)OCC)=C3SCCS3)[C@@H]2SC1(C)C. The minimum Gasteiger partial charge on any atom is -0.462 e. The number of fused-ring (bicyclic) bond motifs is 1. The molecule has 0 saturated carbocycles. The van der Waals surface area contributed by atoms with Gasteiger partial charge in [-0.25, -0.2) is 9.59 Å². The number of carbonyl (C=O) groups excluding carboxylic acids is 4. The molecule has 3 aliphatic rings. The summed E-state index contributed by atoms with van der Waals surface area (Å²) in [6, 6.07) is -1.57. The van der Waals surface area contributed by atoms with Gasteiger partial charge in [0.2, 0.25) is 5.91 Å². The zero-order chi connectivity index (χ0) is 22.1. The van der Waals surface area contributed by atoms with Crippen LogP contribution in [0, 0.1) is 0 Å². The Morgan fingerprint density at radius 2 is 1.93 bits per heavy atom. The van der Waals surface area contributed by atoms with Crippen LogP contribution in [0.3, 0.4) is 0 Å². The Kier molecular flexibility index (Phi) is 7.13. The Bertz CT molecular complexity index is 804. The van der Waals surface area contributed by atoms with E-state index in [1.165, 1.54) is 46.3 Å². The minimum atomic E-state index is -0.819. The van der Waals surface area contributed by atoms with Gasteiger partial charge in [0.1, 0.15) is 29.6 Å². The third-order valence-corrected chi connectivity index (χ3v) is 9.04. The molecule has 3 saturated heterocycles. The van der Waals surface area contributed by atoms with Crippen molar-refractivity contribution in [3.63, 3.8) is 0 Å². The van der Waals surface area contributed by atoms with E-state index in [0.717, 1.165) is 11.5 Å². The van der Waals surface area contributed by atoms with Crippen LogP contribution in [0.15, 0.2) is 22.5 Å². The van der Waals surface area contributed by atoms with Gasteiger partial charge in [-0.1, -0.05) is 12.7 Å². The molecule has 3 rings (SSSR count). The highest BCUT2D eigenvalue weighted by Crippen LogP contribution is 2.51. The van der Waals surface area contributed by atoms with E-state index in [9.17, 15) is 19.2 Å². The molecule has 164 valence electrons. The minimum absolute atomic E-state index is 0.0557. The van der Waals surface area contributed by atoms with E-state index >= 15 is 0 Å². The lowest BCUT2D eigenvalue weighted by Gasteiger charge is -2.43. The summed E-state index contributed by atoms with van der Waals surface area (Å²) in [6.07, 6.45) is 1.47. The van der Waals surface area contributed by atoms with Crippen molar-refractivity contribution < 1.29 is 28.7 Å². The largest absolute Gasteiger partial charge is 0.462 e.